The molecule has 0 saturated carbocycles. The predicted octanol–water partition coefficient (Wildman–Crippen LogP) is 1.19. The van der Waals surface area contributed by atoms with Crippen LogP contribution in [0.15, 0.2) is 0 Å². The summed E-state index contributed by atoms with van der Waals surface area (Å²) in [5.41, 5.74) is 3.02. The lowest BCUT2D eigenvalue weighted by molar-refractivity contribution is -0.129. The summed E-state index contributed by atoms with van der Waals surface area (Å²) in [5, 5.41) is 7.01. The Morgan fingerprint density at radius 1 is 1.40 bits per heavy atom. The van der Waals surface area contributed by atoms with Crippen molar-refractivity contribution in [3.8, 4) is 0 Å². The van der Waals surface area contributed by atoms with Crippen molar-refractivity contribution < 1.29 is 4.79 Å². The number of likely N-dealkylation sites (tertiary alicyclic amines) is 1. The fraction of sp³-hybridized carbons (Fsp3) is 0.636. The predicted molar refractivity (Wildman–Crippen MR) is 57.6 cm³/mol. The third kappa shape index (κ3) is 2.03. The first-order valence-corrected chi connectivity index (χ1v) is 5.46. The van der Waals surface area contributed by atoms with Gasteiger partial charge >= 0.3 is 0 Å². The van der Waals surface area contributed by atoms with Crippen LogP contribution in [-0.4, -0.2) is 34.1 Å². The molecule has 1 saturated heterocycles. The van der Waals surface area contributed by atoms with Crippen LogP contribution >= 0.6 is 0 Å². The van der Waals surface area contributed by atoms with Gasteiger partial charge in [0.2, 0.25) is 5.91 Å². The minimum absolute atomic E-state index is 0.236. The van der Waals surface area contributed by atoms with Crippen LogP contribution in [0.25, 0.3) is 0 Å². The molecule has 1 fully saturated rings. The Balaban J connectivity index is 2.05. The van der Waals surface area contributed by atoms with Crippen molar-refractivity contribution in [1.29, 1.82) is 0 Å². The van der Waals surface area contributed by atoms with Gasteiger partial charge in [-0.15, -0.1) is 0 Å². The van der Waals surface area contributed by atoms with Gasteiger partial charge in [-0.05, 0) is 26.7 Å². The second-order valence-electron chi connectivity index (χ2n) is 4.18. The number of hydrogen-bond acceptors (Lipinski definition) is 2. The lowest BCUT2D eigenvalue weighted by atomic mass is 10.1. The standard InChI is InChI=1S/C11H17N3O/c1-8-10(9(2)13-12-8)7-11(15)14-5-3-4-6-14/h3-7H2,1-2H3,(H,12,13). The van der Waals surface area contributed by atoms with Crippen LogP contribution in [0.2, 0.25) is 0 Å². The Kier molecular flexibility index (Phi) is 2.75. The number of rotatable bonds is 2. The normalized spacial score (nSPS) is 16.0. The second-order valence-corrected chi connectivity index (χ2v) is 4.18. The maximum absolute atomic E-state index is 11.9. The monoisotopic (exact) mass is 207 g/mol. The van der Waals surface area contributed by atoms with Gasteiger partial charge in [0.1, 0.15) is 0 Å². The quantitative estimate of drug-likeness (QED) is 0.792. The summed E-state index contributed by atoms with van der Waals surface area (Å²) in [5.74, 6) is 0.236. The highest BCUT2D eigenvalue weighted by Gasteiger charge is 2.20. The van der Waals surface area contributed by atoms with E-state index in [-0.39, 0.29) is 5.91 Å². The van der Waals surface area contributed by atoms with Gasteiger partial charge in [0.05, 0.1) is 12.1 Å². The molecular formula is C11H17N3O. The highest BCUT2D eigenvalue weighted by molar-refractivity contribution is 5.79. The minimum atomic E-state index is 0.236. The Labute approximate surface area is 89.7 Å². The fourth-order valence-electron chi connectivity index (χ4n) is 2.06. The van der Waals surface area contributed by atoms with Gasteiger partial charge in [-0.2, -0.15) is 5.10 Å². The van der Waals surface area contributed by atoms with Gasteiger partial charge in [-0.3, -0.25) is 9.89 Å². The van der Waals surface area contributed by atoms with E-state index in [0.29, 0.717) is 6.42 Å². The first kappa shape index (κ1) is 10.2. The van der Waals surface area contributed by atoms with Crippen molar-refractivity contribution in [2.45, 2.75) is 33.1 Å². The smallest absolute Gasteiger partial charge is 0.227 e. The van der Waals surface area contributed by atoms with E-state index in [2.05, 4.69) is 10.2 Å². The van der Waals surface area contributed by atoms with E-state index in [1.54, 1.807) is 0 Å². The number of H-pyrrole nitrogens is 1. The maximum atomic E-state index is 11.9. The number of carbonyl (C=O) groups excluding carboxylic acids is 1. The zero-order valence-corrected chi connectivity index (χ0v) is 9.34. The van der Waals surface area contributed by atoms with Gasteiger partial charge in [0, 0.05) is 24.3 Å². The summed E-state index contributed by atoms with van der Waals surface area (Å²) < 4.78 is 0. The lowest BCUT2D eigenvalue weighted by Crippen LogP contribution is -2.29. The van der Waals surface area contributed by atoms with Crippen molar-refractivity contribution in [2.75, 3.05) is 13.1 Å². The van der Waals surface area contributed by atoms with Gasteiger partial charge in [-0.1, -0.05) is 0 Å². The number of nitrogens with one attached hydrogen (secondary N) is 1. The van der Waals surface area contributed by atoms with E-state index in [9.17, 15) is 4.79 Å². The number of nitrogens with zero attached hydrogens (tertiary/aromatic N) is 2. The fourth-order valence-corrected chi connectivity index (χ4v) is 2.06. The summed E-state index contributed by atoms with van der Waals surface area (Å²) in [6, 6.07) is 0. The van der Waals surface area contributed by atoms with Gasteiger partial charge in [0.15, 0.2) is 0 Å². The second kappa shape index (κ2) is 4.04. The molecule has 1 aromatic heterocycles. The van der Waals surface area contributed by atoms with E-state index in [0.717, 1.165) is 42.9 Å². The molecule has 0 radical (unpaired) electrons. The summed E-state index contributed by atoms with van der Waals surface area (Å²) >= 11 is 0. The number of hydrogen-bond donors (Lipinski definition) is 1. The van der Waals surface area contributed by atoms with Crippen molar-refractivity contribution >= 4 is 5.91 Å². The summed E-state index contributed by atoms with van der Waals surface area (Å²) in [4.78, 5) is 13.9. The summed E-state index contributed by atoms with van der Waals surface area (Å²) in [7, 11) is 0. The number of aryl methyl sites for hydroxylation is 2. The van der Waals surface area contributed by atoms with Crippen LogP contribution in [0.3, 0.4) is 0 Å². The van der Waals surface area contributed by atoms with Crippen LogP contribution < -0.4 is 0 Å². The van der Waals surface area contributed by atoms with Gasteiger partial charge < -0.3 is 4.90 Å². The molecule has 15 heavy (non-hydrogen) atoms. The highest BCUT2D eigenvalue weighted by Crippen LogP contribution is 2.14. The first-order valence-electron chi connectivity index (χ1n) is 5.46. The Morgan fingerprint density at radius 2 is 2.07 bits per heavy atom. The van der Waals surface area contributed by atoms with E-state index in [1.165, 1.54) is 0 Å². The molecule has 4 heteroatoms. The average Bonchev–Trinajstić information content (AvgIpc) is 2.82. The number of aromatic nitrogens is 2. The average molecular weight is 207 g/mol. The molecule has 1 aromatic rings. The zero-order valence-electron chi connectivity index (χ0n) is 9.34. The Bertz CT molecular complexity index is 344. The van der Waals surface area contributed by atoms with Crippen LogP contribution in [0, 0.1) is 13.8 Å². The van der Waals surface area contributed by atoms with Crippen LogP contribution in [0.1, 0.15) is 29.8 Å². The summed E-state index contributed by atoms with van der Waals surface area (Å²) in [6.45, 7) is 5.76. The molecule has 1 aliphatic rings. The van der Waals surface area contributed by atoms with Crippen molar-refractivity contribution in [3.05, 3.63) is 17.0 Å². The van der Waals surface area contributed by atoms with E-state index in [4.69, 9.17) is 0 Å². The number of amides is 1. The third-order valence-corrected chi connectivity index (χ3v) is 3.07. The Morgan fingerprint density at radius 3 is 2.60 bits per heavy atom. The molecule has 2 rings (SSSR count). The molecule has 0 atom stereocenters. The third-order valence-electron chi connectivity index (χ3n) is 3.07. The first-order chi connectivity index (χ1) is 7.18. The SMILES string of the molecule is Cc1n[nH]c(C)c1CC(=O)N1CCCC1. The molecule has 0 unspecified atom stereocenters. The molecule has 2 heterocycles. The molecule has 82 valence electrons. The maximum Gasteiger partial charge on any atom is 0.227 e. The zero-order chi connectivity index (χ0) is 10.8. The number of aromatic amines is 1. The summed E-state index contributed by atoms with van der Waals surface area (Å²) in [6.07, 6.45) is 2.79. The van der Waals surface area contributed by atoms with Gasteiger partial charge in [-0.25, -0.2) is 0 Å². The lowest BCUT2D eigenvalue weighted by Gasteiger charge is -2.14. The molecule has 4 nitrogen and oxygen atoms in total. The molecule has 1 N–H and O–H groups in total. The van der Waals surface area contributed by atoms with Crippen molar-refractivity contribution in [2.24, 2.45) is 0 Å². The topological polar surface area (TPSA) is 49.0 Å². The van der Waals surface area contributed by atoms with Gasteiger partial charge in [0.25, 0.3) is 0 Å². The molecule has 0 spiro atoms. The van der Waals surface area contributed by atoms with Crippen LogP contribution in [-0.2, 0) is 11.2 Å². The molecule has 0 aliphatic carbocycles. The van der Waals surface area contributed by atoms with Crippen LogP contribution in [0.5, 0.6) is 0 Å². The van der Waals surface area contributed by atoms with E-state index < -0.39 is 0 Å². The van der Waals surface area contributed by atoms with E-state index >= 15 is 0 Å². The molecular weight excluding hydrogens is 190 g/mol. The number of carbonyl (C=O) groups is 1. The molecule has 0 aromatic carbocycles. The van der Waals surface area contributed by atoms with Crippen molar-refractivity contribution in [1.82, 2.24) is 15.1 Å². The highest BCUT2D eigenvalue weighted by atomic mass is 16.2. The molecule has 1 amide bonds. The largest absolute Gasteiger partial charge is 0.342 e. The molecule has 1 aliphatic heterocycles. The Hall–Kier alpha value is -1.32. The van der Waals surface area contributed by atoms with Crippen molar-refractivity contribution in [3.63, 3.8) is 0 Å². The van der Waals surface area contributed by atoms with E-state index in [1.807, 2.05) is 18.7 Å². The molecule has 0 bridgehead atoms. The van der Waals surface area contributed by atoms with Crippen LogP contribution in [0.4, 0.5) is 0 Å². The minimum Gasteiger partial charge on any atom is -0.342 e.